The van der Waals surface area contributed by atoms with Crippen LogP contribution in [-0.2, 0) is 9.53 Å². The van der Waals surface area contributed by atoms with Crippen LogP contribution in [0.1, 0.15) is 31.0 Å². The van der Waals surface area contributed by atoms with E-state index in [0.717, 1.165) is 11.1 Å². The number of ether oxygens (including phenoxy) is 1. The van der Waals surface area contributed by atoms with E-state index in [1.807, 2.05) is 42.5 Å². The molecule has 0 saturated heterocycles. The lowest BCUT2D eigenvalue weighted by atomic mass is 10.0. The second-order valence-electron chi connectivity index (χ2n) is 7.29. The fourth-order valence-corrected chi connectivity index (χ4v) is 4.90. The van der Waals surface area contributed by atoms with Crippen molar-refractivity contribution in [3.8, 4) is 0 Å². The highest BCUT2D eigenvalue weighted by atomic mass is 35.5. The first-order chi connectivity index (χ1) is 15.9. The molecule has 2 heterocycles. The number of esters is 1. The van der Waals surface area contributed by atoms with E-state index in [1.165, 1.54) is 15.9 Å². The Morgan fingerprint density at radius 2 is 1.91 bits per heavy atom. The van der Waals surface area contributed by atoms with Crippen molar-refractivity contribution < 1.29 is 9.53 Å². The number of aromatic nitrogens is 1. The van der Waals surface area contributed by atoms with Gasteiger partial charge in [-0.3, -0.25) is 9.36 Å². The van der Waals surface area contributed by atoms with Gasteiger partial charge in [0.2, 0.25) is 0 Å². The summed E-state index contributed by atoms with van der Waals surface area (Å²) in [6.07, 6.45) is 5.46. The molecule has 8 heteroatoms. The van der Waals surface area contributed by atoms with E-state index in [4.69, 9.17) is 27.9 Å². The molecule has 1 aliphatic rings. The monoisotopic (exact) mass is 498 g/mol. The molecule has 0 unspecified atom stereocenters. The van der Waals surface area contributed by atoms with Crippen molar-refractivity contribution in [1.82, 2.24) is 4.57 Å². The lowest BCUT2D eigenvalue weighted by molar-refractivity contribution is -0.139. The molecule has 33 heavy (non-hydrogen) atoms. The molecule has 0 fully saturated rings. The summed E-state index contributed by atoms with van der Waals surface area (Å²) in [6, 6.07) is 14.2. The van der Waals surface area contributed by atoms with Gasteiger partial charge in [0.15, 0.2) is 4.80 Å². The molecular weight excluding hydrogens is 479 g/mol. The first kappa shape index (κ1) is 23.2. The molecule has 0 bridgehead atoms. The first-order valence-electron chi connectivity index (χ1n) is 10.3. The fraction of sp³-hybridized carbons (Fsp3) is 0.160. The van der Waals surface area contributed by atoms with Crippen LogP contribution in [0.2, 0.25) is 10.0 Å². The zero-order chi connectivity index (χ0) is 23.5. The summed E-state index contributed by atoms with van der Waals surface area (Å²) < 4.78 is 7.29. The molecule has 2 aromatic carbocycles. The molecule has 1 aliphatic heterocycles. The van der Waals surface area contributed by atoms with Gasteiger partial charge in [0.25, 0.3) is 5.56 Å². The molecule has 0 radical (unpaired) electrons. The highest BCUT2D eigenvalue weighted by Gasteiger charge is 2.30. The number of thiazole rings is 1. The van der Waals surface area contributed by atoms with Crippen molar-refractivity contribution in [3.63, 3.8) is 0 Å². The Kier molecular flexibility index (Phi) is 6.98. The Bertz CT molecular complexity index is 1450. The van der Waals surface area contributed by atoms with Gasteiger partial charge in [0.05, 0.1) is 38.5 Å². The van der Waals surface area contributed by atoms with E-state index >= 15 is 0 Å². The smallest absolute Gasteiger partial charge is 0.338 e. The third-order valence-electron chi connectivity index (χ3n) is 5.07. The van der Waals surface area contributed by atoms with Gasteiger partial charge in [-0.15, -0.1) is 0 Å². The molecule has 4 rings (SSSR count). The Morgan fingerprint density at radius 3 is 2.61 bits per heavy atom. The molecule has 0 N–H and O–H groups in total. The second kappa shape index (κ2) is 9.91. The number of carbonyl (C=O) groups excluding carboxylic acids is 1. The van der Waals surface area contributed by atoms with Crippen molar-refractivity contribution in [1.29, 1.82) is 0 Å². The van der Waals surface area contributed by atoms with Crippen molar-refractivity contribution in [3.05, 3.63) is 107 Å². The quantitative estimate of drug-likeness (QED) is 0.476. The van der Waals surface area contributed by atoms with E-state index in [2.05, 4.69) is 4.99 Å². The van der Waals surface area contributed by atoms with Crippen LogP contribution in [0.5, 0.6) is 0 Å². The van der Waals surface area contributed by atoms with Gasteiger partial charge < -0.3 is 4.74 Å². The number of hydrogen-bond acceptors (Lipinski definition) is 5. The summed E-state index contributed by atoms with van der Waals surface area (Å²) in [5.41, 5.74) is 2.32. The molecule has 1 atom stereocenters. The zero-order valence-corrected chi connectivity index (χ0v) is 20.2. The van der Waals surface area contributed by atoms with Gasteiger partial charge in [-0.2, -0.15) is 0 Å². The average molecular weight is 499 g/mol. The van der Waals surface area contributed by atoms with Gasteiger partial charge in [-0.05, 0) is 43.2 Å². The maximum atomic E-state index is 13.4. The first-order valence-corrected chi connectivity index (χ1v) is 11.8. The third kappa shape index (κ3) is 4.88. The number of hydrogen-bond donors (Lipinski definition) is 0. The van der Waals surface area contributed by atoms with Gasteiger partial charge in [0, 0.05) is 0 Å². The second-order valence-corrected chi connectivity index (χ2v) is 9.11. The van der Waals surface area contributed by atoms with E-state index in [9.17, 15) is 9.59 Å². The Morgan fingerprint density at radius 1 is 1.15 bits per heavy atom. The topological polar surface area (TPSA) is 60.7 Å². The van der Waals surface area contributed by atoms with Crippen LogP contribution in [0.25, 0.3) is 12.2 Å². The van der Waals surface area contributed by atoms with Crippen LogP contribution in [0.15, 0.2) is 75.7 Å². The number of benzene rings is 2. The molecule has 0 aliphatic carbocycles. The highest BCUT2D eigenvalue weighted by molar-refractivity contribution is 7.07. The molecule has 5 nitrogen and oxygen atoms in total. The van der Waals surface area contributed by atoms with Gasteiger partial charge in [0.1, 0.15) is 0 Å². The van der Waals surface area contributed by atoms with Crippen LogP contribution in [0, 0.1) is 0 Å². The minimum absolute atomic E-state index is 0.229. The lowest BCUT2D eigenvalue weighted by Crippen LogP contribution is -2.38. The summed E-state index contributed by atoms with van der Waals surface area (Å²) in [7, 11) is 0. The van der Waals surface area contributed by atoms with Gasteiger partial charge >= 0.3 is 5.97 Å². The number of allylic oxidation sites excluding steroid dienone is 2. The molecule has 3 aromatic rings. The maximum absolute atomic E-state index is 13.4. The largest absolute Gasteiger partial charge is 0.463 e. The number of fused-ring (bicyclic) bond motifs is 1. The summed E-state index contributed by atoms with van der Waals surface area (Å²) in [5, 5.41) is 0.846. The summed E-state index contributed by atoms with van der Waals surface area (Å²) >= 11 is 13.4. The van der Waals surface area contributed by atoms with E-state index in [-0.39, 0.29) is 12.2 Å². The third-order valence-corrected chi connectivity index (χ3v) is 6.79. The van der Waals surface area contributed by atoms with Gasteiger partial charge in [-0.25, -0.2) is 9.79 Å². The van der Waals surface area contributed by atoms with Gasteiger partial charge in [-0.1, -0.05) is 83.1 Å². The van der Waals surface area contributed by atoms with E-state index in [1.54, 1.807) is 38.1 Å². The predicted molar refractivity (Wildman–Crippen MR) is 133 cm³/mol. The van der Waals surface area contributed by atoms with Crippen LogP contribution in [-0.4, -0.2) is 17.1 Å². The number of rotatable bonds is 5. The summed E-state index contributed by atoms with van der Waals surface area (Å²) in [6.45, 7) is 3.73. The van der Waals surface area contributed by atoms with Crippen LogP contribution < -0.4 is 14.9 Å². The molecule has 0 amide bonds. The van der Waals surface area contributed by atoms with Crippen LogP contribution in [0.4, 0.5) is 0 Å². The molecule has 168 valence electrons. The highest BCUT2D eigenvalue weighted by Crippen LogP contribution is 2.27. The van der Waals surface area contributed by atoms with Crippen molar-refractivity contribution >= 4 is 52.7 Å². The van der Waals surface area contributed by atoms with Crippen molar-refractivity contribution in [2.75, 3.05) is 6.61 Å². The van der Waals surface area contributed by atoms with Crippen LogP contribution in [0.3, 0.4) is 0 Å². The Balaban J connectivity index is 1.87. The minimum Gasteiger partial charge on any atom is -0.463 e. The number of halogens is 2. The lowest BCUT2D eigenvalue weighted by Gasteiger charge is -2.21. The predicted octanol–water partition coefficient (Wildman–Crippen LogP) is 4.77. The zero-order valence-electron chi connectivity index (χ0n) is 17.9. The standard InChI is InChI=1S/C25H20Cl2N2O3S/c1-3-32-24(31)22-15(2)28-25-29(20(22)12-10-16-7-5-4-6-8-16)23(30)21(33-25)14-17-9-11-18(26)19(27)13-17/h4-14,20H,3H2,1-2H3/b12-10+,21-14-/t20-/m1/s1. The van der Waals surface area contributed by atoms with Crippen LogP contribution >= 0.6 is 34.5 Å². The molecule has 1 aromatic heterocycles. The van der Waals surface area contributed by atoms with Crippen molar-refractivity contribution in [2.45, 2.75) is 19.9 Å². The normalized spacial score (nSPS) is 16.1. The van der Waals surface area contributed by atoms with Crippen molar-refractivity contribution in [2.24, 2.45) is 4.99 Å². The Hall–Kier alpha value is -2.93. The minimum atomic E-state index is -0.642. The van der Waals surface area contributed by atoms with E-state index < -0.39 is 12.0 Å². The maximum Gasteiger partial charge on any atom is 0.338 e. The average Bonchev–Trinajstić information content (AvgIpc) is 3.09. The fourth-order valence-electron chi connectivity index (χ4n) is 3.54. The Labute approximate surface area is 204 Å². The summed E-state index contributed by atoms with van der Waals surface area (Å²) in [4.78, 5) is 31.3. The summed E-state index contributed by atoms with van der Waals surface area (Å²) in [5.74, 6) is -0.486. The SMILES string of the molecule is CCOC(=O)C1=C(C)N=c2s/c(=C\c3ccc(Cl)c(Cl)c3)c(=O)n2[C@@H]1/C=C/c1ccccc1. The molecule has 0 spiro atoms. The molecule has 0 saturated carbocycles. The van der Waals surface area contributed by atoms with E-state index in [0.29, 0.717) is 30.6 Å². The molecular formula is C25H20Cl2N2O3S. The number of carbonyl (C=O) groups is 1. The number of nitrogens with zero attached hydrogens (tertiary/aromatic N) is 2.